The van der Waals surface area contributed by atoms with Crippen molar-refractivity contribution in [1.82, 2.24) is 24.5 Å². The van der Waals surface area contributed by atoms with Gasteiger partial charge in [-0.1, -0.05) is 11.6 Å². The molecule has 114 valence electrons. The molecule has 3 rings (SSSR count). The maximum atomic E-state index is 6.31. The molecule has 2 aromatic heterocycles. The van der Waals surface area contributed by atoms with Crippen molar-refractivity contribution < 1.29 is 4.74 Å². The molecule has 7 heteroatoms. The summed E-state index contributed by atoms with van der Waals surface area (Å²) in [4.78, 5) is 2.37. The number of hydrogen-bond donors (Lipinski definition) is 0. The monoisotopic (exact) mass is 309 g/mol. The topological polar surface area (TPSA) is 48.1 Å². The first-order valence-corrected chi connectivity index (χ1v) is 7.50. The summed E-state index contributed by atoms with van der Waals surface area (Å²) in [5.74, 6) is 0. The fraction of sp³-hybridized carbons (Fsp3) is 0.571. The normalized spacial score (nSPS) is 20.0. The van der Waals surface area contributed by atoms with E-state index in [1.165, 1.54) is 0 Å². The molecular weight excluding hydrogens is 290 g/mol. The van der Waals surface area contributed by atoms with E-state index in [4.69, 9.17) is 16.3 Å². The van der Waals surface area contributed by atoms with Gasteiger partial charge in [0.1, 0.15) is 5.15 Å². The lowest BCUT2D eigenvalue weighted by atomic mass is 10.2. The highest BCUT2D eigenvalue weighted by Gasteiger charge is 2.23. The van der Waals surface area contributed by atoms with Crippen LogP contribution >= 0.6 is 11.6 Å². The Morgan fingerprint density at radius 3 is 3.00 bits per heavy atom. The Morgan fingerprint density at radius 1 is 1.48 bits per heavy atom. The zero-order chi connectivity index (χ0) is 14.8. The molecule has 1 unspecified atom stereocenters. The van der Waals surface area contributed by atoms with E-state index in [1.807, 2.05) is 30.9 Å². The van der Waals surface area contributed by atoms with Crippen molar-refractivity contribution in [1.29, 1.82) is 0 Å². The molecule has 1 aliphatic heterocycles. The van der Waals surface area contributed by atoms with Gasteiger partial charge < -0.3 is 4.74 Å². The minimum absolute atomic E-state index is 0.161. The molecule has 0 bridgehead atoms. The van der Waals surface area contributed by atoms with E-state index < -0.39 is 0 Å². The molecule has 0 spiro atoms. The summed E-state index contributed by atoms with van der Waals surface area (Å²) in [6.07, 6.45) is 3.92. The quantitative estimate of drug-likeness (QED) is 0.858. The second-order valence-corrected chi connectivity index (χ2v) is 5.79. The van der Waals surface area contributed by atoms with Gasteiger partial charge in [-0.05, 0) is 13.0 Å². The Labute approximate surface area is 129 Å². The SMILES string of the molecule is Cc1nn(C)c(Cl)c1CN1CCOC(Cn2cccn2)C1. The molecule has 0 radical (unpaired) electrons. The summed E-state index contributed by atoms with van der Waals surface area (Å²) in [5.41, 5.74) is 2.11. The van der Waals surface area contributed by atoms with E-state index in [-0.39, 0.29) is 6.10 Å². The largest absolute Gasteiger partial charge is 0.374 e. The molecule has 1 aliphatic rings. The molecule has 3 heterocycles. The molecule has 1 fully saturated rings. The zero-order valence-corrected chi connectivity index (χ0v) is 13.1. The van der Waals surface area contributed by atoms with E-state index in [1.54, 1.807) is 10.9 Å². The highest BCUT2D eigenvalue weighted by Crippen LogP contribution is 2.21. The number of aromatic nitrogens is 4. The minimum atomic E-state index is 0.161. The summed E-state index contributed by atoms with van der Waals surface area (Å²) in [6.45, 7) is 6.14. The van der Waals surface area contributed by atoms with Crippen LogP contribution in [-0.2, 0) is 24.9 Å². The number of rotatable bonds is 4. The molecule has 0 aliphatic carbocycles. The minimum Gasteiger partial charge on any atom is -0.374 e. The van der Waals surface area contributed by atoms with Crippen molar-refractivity contribution >= 4 is 11.6 Å². The number of aryl methyl sites for hydroxylation is 2. The van der Waals surface area contributed by atoms with Gasteiger partial charge in [-0.25, -0.2) is 0 Å². The summed E-state index contributed by atoms with van der Waals surface area (Å²) in [5, 5.41) is 9.33. The maximum absolute atomic E-state index is 6.31. The van der Waals surface area contributed by atoms with Gasteiger partial charge in [0, 0.05) is 44.6 Å². The van der Waals surface area contributed by atoms with Crippen LogP contribution in [0.5, 0.6) is 0 Å². The second-order valence-electron chi connectivity index (χ2n) is 5.43. The van der Waals surface area contributed by atoms with Gasteiger partial charge in [0.2, 0.25) is 0 Å². The fourth-order valence-electron chi connectivity index (χ4n) is 2.73. The van der Waals surface area contributed by atoms with Crippen LogP contribution in [0.15, 0.2) is 18.5 Å². The van der Waals surface area contributed by atoms with Gasteiger partial charge in [-0.3, -0.25) is 14.3 Å². The molecule has 6 nitrogen and oxygen atoms in total. The molecule has 2 aromatic rings. The first-order valence-electron chi connectivity index (χ1n) is 7.13. The number of halogens is 1. The molecule has 0 saturated carbocycles. The summed E-state index contributed by atoms with van der Waals surface area (Å²) < 4.78 is 9.47. The van der Waals surface area contributed by atoms with Crippen molar-refractivity contribution in [2.45, 2.75) is 26.1 Å². The highest BCUT2D eigenvalue weighted by atomic mass is 35.5. The third kappa shape index (κ3) is 3.28. The third-order valence-electron chi connectivity index (χ3n) is 3.82. The van der Waals surface area contributed by atoms with E-state index in [0.717, 1.165) is 49.2 Å². The number of ether oxygens (including phenoxy) is 1. The number of morpholine rings is 1. The Balaban J connectivity index is 1.63. The Morgan fingerprint density at radius 2 is 2.33 bits per heavy atom. The Bertz CT molecular complexity index is 595. The lowest BCUT2D eigenvalue weighted by molar-refractivity contribution is -0.0402. The highest BCUT2D eigenvalue weighted by molar-refractivity contribution is 6.30. The summed E-state index contributed by atoms with van der Waals surface area (Å²) in [6, 6.07) is 1.93. The molecule has 1 atom stereocenters. The molecule has 21 heavy (non-hydrogen) atoms. The average Bonchev–Trinajstić information content (AvgIpc) is 3.04. The van der Waals surface area contributed by atoms with E-state index >= 15 is 0 Å². The van der Waals surface area contributed by atoms with Crippen molar-refractivity contribution in [3.05, 3.63) is 34.9 Å². The van der Waals surface area contributed by atoms with Gasteiger partial charge >= 0.3 is 0 Å². The van der Waals surface area contributed by atoms with Gasteiger partial charge in [0.15, 0.2) is 0 Å². The molecular formula is C14H20ClN5O. The van der Waals surface area contributed by atoms with Crippen LogP contribution in [0.1, 0.15) is 11.3 Å². The summed E-state index contributed by atoms with van der Waals surface area (Å²) in [7, 11) is 1.87. The van der Waals surface area contributed by atoms with Gasteiger partial charge in [-0.2, -0.15) is 10.2 Å². The maximum Gasteiger partial charge on any atom is 0.131 e. The lowest BCUT2D eigenvalue weighted by Gasteiger charge is -2.32. The van der Waals surface area contributed by atoms with Crippen LogP contribution < -0.4 is 0 Å². The van der Waals surface area contributed by atoms with Crippen LogP contribution in [0.3, 0.4) is 0 Å². The van der Waals surface area contributed by atoms with Crippen molar-refractivity contribution in [3.63, 3.8) is 0 Å². The number of nitrogens with zero attached hydrogens (tertiary/aromatic N) is 5. The second kappa shape index (κ2) is 6.17. The molecule has 1 saturated heterocycles. The summed E-state index contributed by atoms with van der Waals surface area (Å²) >= 11 is 6.31. The zero-order valence-electron chi connectivity index (χ0n) is 12.4. The first-order chi connectivity index (χ1) is 10.1. The predicted molar refractivity (Wildman–Crippen MR) is 80.2 cm³/mol. The van der Waals surface area contributed by atoms with Crippen LogP contribution in [0.25, 0.3) is 0 Å². The van der Waals surface area contributed by atoms with Crippen LogP contribution in [0, 0.1) is 6.92 Å². The standard InChI is InChI=1S/C14H20ClN5O/c1-11-13(14(15)18(2)17-11)10-19-6-7-21-12(8-19)9-20-5-3-4-16-20/h3-5,12H,6-10H2,1-2H3. The van der Waals surface area contributed by atoms with Crippen molar-refractivity contribution in [2.75, 3.05) is 19.7 Å². The fourth-order valence-corrected chi connectivity index (χ4v) is 2.96. The molecule has 0 aromatic carbocycles. The van der Waals surface area contributed by atoms with Crippen LogP contribution in [0.2, 0.25) is 5.15 Å². The number of hydrogen-bond acceptors (Lipinski definition) is 4. The van der Waals surface area contributed by atoms with Crippen LogP contribution in [0.4, 0.5) is 0 Å². The first kappa shape index (κ1) is 14.6. The smallest absolute Gasteiger partial charge is 0.131 e. The predicted octanol–water partition coefficient (Wildman–Crippen LogP) is 1.48. The van der Waals surface area contributed by atoms with Crippen molar-refractivity contribution in [3.8, 4) is 0 Å². The van der Waals surface area contributed by atoms with Crippen LogP contribution in [-0.4, -0.2) is 50.3 Å². The average molecular weight is 310 g/mol. The van der Waals surface area contributed by atoms with Gasteiger partial charge in [-0.15, -0.1) is 0 Å². The lowest BCUT2D eigenvalue weighted by Crippen LogP contribution is -2.43. The van der Waals surface area contributed by atoms with E-state index in [0.29, 0.717) is 0 Å². The Kier molecular flexibility index (Phi) is 4.28. The molecule has 0 amide bonds. The van der Waals surface area contributed by atoms with Crippen molar-refractivity contribution in [2.24, 2.45) is 7.05 Å². The third-order valence-corrected chi connectivity index (χ3v) is 4.30. The Hall–Kier alpha value is -1.37. The van der Waals surface area contributed by atoms with Gasteiger partial charge in [0.25, 0.3) is 0 Å². The van der Waals surface area contributed by atoms with Gasteiger partial charge in [0.05, 0.1) is 24.9 Å². The van der Waals surface area contributed by atoms with E-state index in [2.05, 4.69) is 15.1 Å². The molecule has 0 N–H and O–H groups in total. The van der Waals surface area contributed by atoms with E-state index in [9.17, 15) is 0 Å².